The van der Waals surface area contributed by atoms with E-state index >= 15 is 0 Å². The maximum atomic E-state index is 12.1. The van der Waals surface area contributed by atoms with E-state index in [4.69, 9.17) is 5.73 Å². The molecule has 0 saturated carbocycles. The molecule has 1 amide bonds. The molecule has 1 atom stereocenters. The Bertz CT molecular complexity index is 611. The smallest absolute Gasteiger partial charge is 0.251 e. The molecule has 1 aromatic carbocycles. The average Bonchev–Trinajstić information content (AvgIpc) is 2.98. The Morgan fingerprint density at radius 1 is 1.43 bits per heavy atom. The van der Waals surface area contributed by atoms with Crippen LogP contribution in [0.5, 0.6) is 0 Å². The van der Waals surface area contributed by atoms with Crippen LogP contribution in [0.1, 0.15) is 22.0 Å². The van der Waals surface area contributed by atoms with Gasteiger partial charge in [-0.2, -0.15) is 11.3 Å². The zero-order valence-electron chi connectivity index (χ0n) is 12.0. The number of aliphatic hydroxyl groups is 1. The lowest BCUT2D eigenvalue weighted by Crippen LogP contribution is -2.28. The number of nitrogens with zero attached hydrogens (tertiary/aromatic N) is 1. The number of nitrogen functional groups attached to an aromatic ring is 1. The summed E-state index contributed by atoms with van der Waals surface area (Å²) in [7, 11) is 3.78. The fourth-order valence-corrected chi connectivity index (χ4v) is 2.68. The number of carbonyl (C=O) groups excluding carboxylic acids is 1. The van der Waals surface area contributed by atoms with Gasteiger partial charge in [-0.1, -0.05) is 0 Å². The number of amides is 1. The van der Waals surface area contributed by atoms with Crippen molar-refractivity contribution in [2.45, 2.75) is 6.10 Å². The fraction of sp³-hybridized carbons (Fsp3) is 0.267. The molecule has 1 heterocycles. The molecular weight excluding hydrogens is 286 g/mol. The van der Waals surface area contributed by atoms with Gasteiger partial charge in [-0.3, -0.25) is 4.79 Å². The normalized spacial score (nSPS) is 12.0. The molecule has 2 aromatic rings. The second-order valence-electron chi connectivity index (χ2n) is 4.95. The molecule has 6 heteroatoms. The Balaban J connectivity index is 1.99. The molecule has 1 aromatic heterocycles. The minimum absolute atomic E-state index is 0.172. The molecule has 0 bridgehead atoms. The molecule has 0 spiro atoms. The Kier molecular flexibility index (Phi) is 4.82. The van der Waals surface area contributed by atoms with Gasteiger partial charge >= 0.3 is 0 Å². The number of rotatable bonds is 5. The molecule has 112 valence electrons. The second kappa shape index (κ2) is 6.60. The Morgan fingerprint density at radius 2 is 2.19 bits per heavy atom. The van der Waals surface area contributed by atoms with E-state index in [1.54, 1.807) is 18.2 Å². The second-order valence-corrected chi connectivity index (χ2v) is 5.73. The Morgan fingerprint density at radius 3 is 2.76 bits per heavy atom. The lowest BCUT2D eigenvalue weighted by Gasteiger charge is -2.16. The first-order chi connectivity index (χ1) is 9.99. The van der Waals surface area contributed by atoms with Crippen molar-refractivity contribution in [3.05, 3.63) is 46.2 Å². The number of hydrogen-bond donors (Lipinski definition) is 3. The van der Waals surface area contributed by atoms with Crippen LogP contribution in [-0.2, 0) is 0 Å². The molecule has 0 saturated heterocycles. The number of thiophene rings is 1. The third-order valence-corrected chi connectivity index (χ3v) is 3.86. The van der Waals surface area contributed by atoms with Crippen molar-refractivity contribution in [3.63, 3.8) is 0 Å². The predicted molar refractivity (Wildman–Crippen MR) is 86.8 cm³/mol. The zero-order valence-corrected chi connectivity index (χ0v) is 12.9. The van der Waals surface area contributed by atoms with Crippen LogP contribution < -0.4 is 16.0 Å². The van der Waals surface area contributed by atoms with Crippen LogP contribution in [0.4, 0.5) is 11.4 Å². The van der Waals surface area contributed by atoms with Crippen molar-refractivity contribution in [2.24, 2.45) is 0 Å². The number of nitrogens with one attached hydrogen (secondary N) is 1. The van der Waals surface area contributed by atoms with Crippen molar-refractivity contribution in [1.29, 1.82) is 0 Å². The molecule has 4 N–H and O–H groups in total. The lowest BCUT2D eigenvalue weighted by molar-refractivity contribution is 0.0916. The molecule has 0 radical (unpaired) electrons. The van der Waals surface area contributed by atoms with E-state index in [9.17, 15) is 9.90 Å². The topological polar surface area (TPSA) is 78.6 Å². The zero-order chi connectivity index (χ0) is 15.4. The molecule has 21 heavy (non-hydrogen) atoms. The van der Waals surface area contributed by atoms with Crippen molar-refractivity contribution >= 4 is 28.6 Å². The van der Waals surface area contributed by atoms with Gasteiger partial charge in [0.2, 0.25) is 0 Å². The molecular formula is C15H19N3O2S. The first kappa shape index (κ1) is 15.3. The van der Waals surface area contributed by atoms with Gasteiger partial charge < -0.3 is 21.1 Å². The third-order valence-electron chi connectivity index (χ3n) is 3.16. The van der Waals surface area contributed by atoms with Gasteiger partial charge in [0, 0.05) is 26.2 Å². The standard InChI is InChI=1S/C15H19N3O2S/c1-18(2)13-4-3-10(7-12(13)16)15(20)17-8-14(19)11-5-6-21-9-11/h3-7,9,14,19H,8,16H2,1-2H3,(H,17,20). The van der Waals surface area contributed by atoms with Gasteiger partial charge in [-0.15, -0.1) is 0 Å². The summed E-state index contributed by atoms with van der Waals surface area (Å²) in [6.07, 6.45) is -0.696. The van der Waals surface area contributed by atoms with E-state index in [0.717, 1.165) is 11.3 Å². The van der Waals surface area contributed by atoms with E-state index < -0.39 is 6.10 Å². The van der Waals surface area contributed by atoms with Crippen LogP contribution in [0, 0.1) is 0 Å². The summed E-state index contributed by atoms with van der Waals surface area (Å²) in [5.74, 6) is -0.249. The van der Waals surface area contributed by atoms with Crippen LogP contribution >= 0.6 is 11.3 Å². The largest absolute Gasteiger partial charge is 0.397 e. The number of carbonyl (C=O) groups is 1. The summed E-state index contributed by atoms with van der Waals surface area (Å²) >= 11 is 1.51. The SMILES string of the molecule is CN(C)c1ccc(C(=O)NCC(O)c2ccsc2)cc1N. The molecule has 0 aliphatic heterocycles. The molecule has 5 nitrogen and oxygen atoms in total. The van der Waals surface area contributed by atoms with Gasteiger partial charge in [0.05, 0.1) is 17.5 Å². The molecule has 2 rings (SSSR count). The molecule has 0 aliphatic rings. The highest BCUT2D eigenvalue weighted by atomic mass is 32.1. The van der Waals surface area contributed by atoms with Crippen LogP contribution in [0.25, 0.3) is 0 Å². The van der Waals surface area contributed by atoms with Crippen molar-refractivity contribution < 1.29 is 9.90 Å². The van der Waals surface area contributed by atoms with E-state index in [1.165, 1.54) is 11.3 Å². The van der Waals surface area contributed by atoms with Crippen LogP contribution in [0.15, 0.2) is 35.0 Å². The quantitative estimate of drug-likeness (QED) is 0.737. The molecule has 1 unspecified atom stereocenters. The summed E-state index contributed by atoms with van der Waals surface area (Å²) in [4.78, 5) is 13.9. The highest BCUT2D eigenvalue weighted by Gasteiger charge is 2.12. The number of benzene rings is 1. The molecule has 0 fully saturated rings. The fourth-order valence-electron chi connectivity index (χ4n) is 1.98. The average molecular weight is 305 g/mol. The Hall–Kier alpha value is -2.05. The lowest BCUT2D eigenvalue weighted by atomic mass is 10.1. The maximum absolute atomic E-state index is 12.1. The van der Waals surface area contributed by atoms with Gasteiger partial charge in [0.25, 0.3) is 5.91 Å². The first-order valence-electron chi connectivity index (χ1n) is 6.54. The van der Waals surface area contributed by atoms with Crippen molar-refractivity contribution in [1.82, 2.24) is 5.32 Å². The number of nitrogens with two attached hydrogens (primary N) is 1. The first-order valence-corrected chi connectivity index (χ1v) is 7.48. The van der Waals surface area contributed by atoms with Gasteiger partial charge in [0.1, 0.15) is 0 Å². The van der Waals surface area contributed by atoms with Crippen LogP contribution in [0.3, 0.4) is 0 Å². The number of aliphatic hydroxyl groups excluding tert-OH is 1. The monoisotopic (exact) mass is 305 g/mol. The van der Waals surface area contributed by atoms with Gasteiger partial charge in [-0.25, -0.2) is 0 Å². The van der Waals surface area contributed by atoms with E-state index in [-0.39, 0.29) is 12.5 Å². The predicted octanol–water partition coefficient (Wildman–Crippen LogP) is 1.86. The summed E-state index contributed by atoms with van der Waals surface area (Å²) in [6, 6.07) is 7.00. The highest BCUT2D eigenvalue weighted by Crippen LogP contribution is 2.22. The molecule has 0 aliphatic carbocycles. The minimum Gasteiger partial charge on any atom is -0.397 e. The van der Waals surface area contributed by atoms with Gasteiger partial charge in [-0.05, 0) is 40.6 Å². The highest BCUT2D eigenvalue weighted by molar-refractivity contribution is 7.07. The van der Waals surface area contributed by atoms with Crippen LogP contribution in [-0.4, -0.2) is 31.7 Å². The summed E-state index contributed by atoms with van der Waals surface area (Å²) in [5, 5.41) is 16.4. The minimum atomic E-state index is -0.696. The summed E-state index contributed by atoms with van der Waals surface area (Å²) in [5.41, 5.74) is 8.63. The number of anilines is 2. The van der Waals surface area contributed by atoms with E-state index in [1.807, 2.05) is 35.8 Å². The third kappa shape index (κ3) is 3.74. The van der Waals surface area contributed by atoms with E-state index in [2.05, 4.69) is 5.32 Å². The van der Waals surface area contributed by atoms with Gasteiger partial charge in [0.15, 0.2) is 0 Å². The van der Waals surface area contributed by atoms with Crippen molar-refractivity contribution in [2.75, 3.05) is 31.3 Å². The van der Waals surface area contributed by atoms with Crippen molar-refractivity contribution in [3.8, 4) is 0 Å². The van der Waals surface area contributed by atoms with Crippen LogP contribution in [0.2, 0.25) is 0 Å². The van der Waals surface area contributed by atoms with E-state index in [0.29, 0.717) is 11.3 Å². The maximum Gasteiger partial charge on any atom is 0.251 e. The summed E-state index contributed by atoms with van der Waals surface area (Å²) < 4.78 is 0. The summed E-state index contributed by atoms with van der Waals surface area (Å²) in [6.45, 7) is 0.172. The Labute approximate surface area is 128 Å². The number of hydrogen-bond acceptors (Lipinski definition) is 5.